The van der Waals surface area contributed by atoms with Crippen molar-refractivity contribution in [2.45, 2.75) is 51.9 Å². The molecule has 0 radical (unpaired) electrons. The summed E-state index contributed by atoms with van der Waals surface area (Å²) in [4.78, 5) is 0. The second kappa shape index (κ2) is 5.87. The average molecular weight is 325 g/mol. The summed E-state index contributed by atoms with van der Waals surface area (Å²) in [7, 11) is 0. The van der Waals surface area contributed by atoms with E-state index in [4.69, 9.17) is 4.74 Å². The van der Waals surface area contributed by atoms with Crippen LogP contribution >= 0.6 is 15.9 Å². The third kappa shape index (κ3) is 3.75. The number of alkyl halides is 1. The van der Waals surface area contributed by atoms with E-state index in [0.717, 1.165) is 17.7 Å². The van der Waals surface area contributed by atoms with Crippen LogP contribution in [0.3, 0.4) is 0 Å². The van der Waals surface area contributed by atoms with Crippen LogP contribution < -0.4 is 4.74 Å². The zero-order valence-electron chi connectivity index (χ0n) is 12.3. The van der Waals surface area contributed by atoms with E-state index in [1.807, 2.05) is 0 Å². The highest BCUT2D eigenvalue weighted by Gasteiger charge is 2.33. The van der Waals surface area contributed by atoms with Gasteiger partial charge in [-0.05, 0) is 36.0 Å². The zero-order chi connectivity index (χ0) is 13.9. The first-order valence-electron chi connectivity index (χ1n) is 7.25. The van der Waals surface area contributed by atoms with Gasteiger partial charge in [0.05, 0.1) is 6.61 Å². The van der Waals surface area contributed by atoms with Crippen molar-refractivity contribution in [2.24, 2.45) is 5.41 Å². The van der Waals surface area contributed by atoms with Gasteiger partial charge in [-0.1, -0.05) is 61.7 Å². The largest absolute Gasteiger partial charge is 0.493 e. The Morgan fingerprint density at radius 2 is 1.68 bits per heavy atom. The summed E-state index contributed by atoms with van der Waals surface area (Å²) < 4.78 is 6.02. The normalized spacial score (nSPS) is 18.5. The molecule has 1 aliphatic rings. The lowest BCUT2D eigenvalue weighted by Crippen LogP contribution is -2.27. The minimum absolute atomic E-state index is 0.209. The van der Waals surface area contributed by atoms with Crippen LogP contribution in [0, 0.1) is 5.41 Å². The van der Waals surface area contributed by atoms with Crippen LogP contribution in [-0.2, 0) is 5.41 Å². The minimum Gasteiger partial charge on any atom is -0.493 e. The standard InChI is InChI=1S/C17H25BrO/c1-16(2,3)14-6-8-15(9-7-14)19-13-17(12-18)10-4-5-11-17/h6-9H,4-5,10-13H2,1-3H3. The zero-order valence-corrected chi connectivity index (χ0v) is 13.9. The van der Waals surface area contributed by atoms with E-state index >= 15 is 0 Å². The van der Waals surface area contributed by atoms with E-state index in [1.54, 1.807) is 0 Å². The second-order valence-electron chi connectivity index (χ2n) is 6.90. The number of ether oxygens (including phenoxy) is 1. The van der Waals surface area contributed by atoms with E-state index in [1.165, 1.54) is 31.2 Å². The molecule has 0 aliphatic heterocycles. The molecule has 0 saturated heterocycles. The second-order valence-corrected chi connectivity index (χ2v) is 7.46. The van der Waals surface area contributed by atoms with Crippen LogP contribution in [0.4, 0.5) is 0 Å². The maximum absolute atomic E-state index is 6.02. The van der Waals surface area contributed by atoms with Crippen molar-refractivity contribution in [3.63, 3.8) is 0 Å². The Bertz CT molecular complexity index is 396. The topological polar surface area (TPSA) is 9.23 Å². The highest BCUT2D eigenvalue weighted by Crippen LogP contribution is 2.40. The summed E-state index contributed by atoms with van der Waals surface area (Å²) in [6.45, 7) is 7.55. The van der Waals surface area contributed by atoms with Crippen molar-refractivity contribution in [3.05, 3.63) is 29.8 Å². The molecule has 1 aliphatic carbocycles. The van der Waals surface area contributed by atoms with E-state index < -0.39 is 0 Å². The summed E-state index contributed by atoms with van der Waals surface area (Å²) >= 11 is 3.66. The molecular weight excluding hydrogens is 300 g/mol. The Balaban J connectivity index is 1.96. The molecule has 0 atom stereocenters. The first-order valence-corrected chi connectivity index (χ1v) is 8.37. The lowest BCUT2D eigenvalue weighted by molar-refractivity contribution is 0.174. The number of hydrogen-bond donors (Lipinski definition) is 0. The Hall–Kier alpha value is -0.500. The van der Waals surface area contributed by atoms with Crippen molar-refractivity contribution < 1.29 is 4.74 Å². The minimum atomic E-state index is 0.209. The quantitative estimate of drug-likeness (QED) is 0.681. The van der Waals surface area contributed by atoms with Gasteiger partial charge in [0, 0.05) is 10.7 Å². The van der Waals surface area contributed by atoms with E-state index in [2.05, 4.69) is 61.0 Å². The SMILES string of the molecule is CC(C)(C)c1ccc(OCC2(CBr)CCCC2)cc1. The highest BCUT2D eigenvalue weighted by molar-refractivity contribution is 9.09. The fraction of sp³-hybridized carbons (Fsp3) is 0.647. The molecule has 2 rings (SSSR count). The van der Waals surface area contributed by atoms with Gasteiger partial charge in [-0.3, -0.25) is 0 Å². The predicted molar refractivity (Wildman–Crippen MR) is 85.3 cm³/mol. The van der Waals surface area contributed by atoms with Gasteiger partial charge < -0.3 is 4.74 Å². The maximum atomic E-state index is 6.02. The molecule has 0 N–H and O–H groups in total. The first kappa shape index (κ1) is 14.9. The summed E-state index contributed by atoms with van der Waals surface area (Å²) in [5, 5.41) is 1.06. The average Bonchev–Trinajstić information content (AvgIpc) is 2.85. The van der Waals surface area contributed by atoms with Crippen LogP contribution in [0.1, 0.15) is 52.0 Å². The van der Waals surface area contributed by atoms with Crippen LogP contribution in [-0.4, -0.2) is 11.9 Å². The molecule has 1 aromatic rings. The Labute approximate surface area is 125 Å². The van der Waals surface area contributed by atoms with Gasteiger partial charge in [-0.25, -0.2) is 0 Å². The molecule has 0 unspecified atom stereocenters. The molecule has 0 heterocycles. The monoisotopic (exact) mass is 324 g/mol. The van der Waals surface area contributed by atoms with Crippen LogP contribution in [0.2, 0.25) is 0 Å². The Morgan fingerprint density at radius 1 is 1.11 bits per heavy atom. The van der Waals surface area contributed by atoms with Crippen LogP contribution in [0.5, 0.6) is 5.75 Å². The fourth-order valence-electron chi connectivity index (χ4n) is 2.73. The molecule has 0 spiro atoms. The molecule has 106 valence electrons. The molecule has 1 fully saturated rings. The van der Waals surface area contributed by atoms with Gasteiger partial charge >= 0.3 is 0 Å². The first-order chi connectivity index (χ1) is 8.95. The third-order valence-corrected chi connectivity index (χ3v) is 5.40. The van der Waals surface area contributed by atoms with E-state index in [0.29, 0.717) is 5.41 Å². The smallest absolute Gasteiger partial charge is 0.119 e. The van der Waals surface area contributed by atoms with Crippen molar-refractivity contribution >= 4 is 15.9 Å². The number of halogens is 1. The third-order valence-electron chi connectivity index (χ3n) is 4.21. The molecule has 0 aromatic heterocycles. The van der Waals surface area contributed by atoms with Gasteiger partial charge in [0.15, 0.2) is 0 Å². The maximum Gasteiger partial charge on any atom is 0.119 e. The van der Waals surface area contributed by atoms with Crippen LogP contribution in [0.25, 0.3) is 0 Å². The summed E-state index contributed by atoms with van der Waals surface area (Å²) in [5.74, 6) is 1.00. The Kier molecular flexibility index (Phi) is 4.60. The fourth-order valence-corrected chi connectivity index (χ4v) is 3.45. The molecule has 1 saturated carbocycles. The molecule has 0 bridgehead atoms. The summed E-state index contributed by atoms with van der Waals surface area (Å²) in [5.41, 5.74) is 1.93. The molecule has 1 aromatic carbocycles. The predicted octanol–water partition coefficient (Wildman–Crippen LogP) is 5.32. The van der Waals surface area contributed by atoms with Gasteiger partial charge in [-0.2, -0.15) is 0 Å². The van der Waals surface area contributed by atoms with Crippen molar-refractivity contribution in [2.75, 3.05) is 11.9 Å². The summed E-state index contributed by atoms with van der Waals surface area (Å²) in [6, 6.07) is 8.59. The molecule has 19 heavy (non-hydrogen) atoms. The molecule has 2 heteroatoms. The molecule has 1 nitrogen and oxygen atoms in total. The Morgan fingerprint density at radius 3 is 2.16 bits per heavy atom. The van der Waals surface area contributed by atoms with Gasteiger partial charge in [0.25, 0.3) is 0 Å². The molecular formula is C17H25BrO. The van der Waals surface area contributed by atoms with Crippen LogP contribution in [0.15, 0.2) is 24.3 Å². The van der Waals surface area contributed by atoms with Gasteiger partial charge in [0.2, 0.25) is 0 Å². The highest BCUT2D eigenvalue weighted by atomic mass is 79.9. The van der Waals surface area contributed by atoms with E-state index in [9.17, 15) is 0 Å². The molecule has 0 amide bonds. The summed E-state index contributed by atoms with van der Waals surface area (Å²) in [6.07, 6.45) is 5.27. The van der Waals surface area contributed by atoms with Gasteiger partial charge in [0.1, 0.15) is 5.75 Å². The number of benzene rings is 1. The van der Waals surface area contributed by atoms with Crippen molar-refractivity contribution in [1.82, 2.24) is 0 Å². The number of rotatable bonds is 4. The van der Waals surface area contributed by atoms with Crippen molar-refractivity contribution in [1.29, 1.82) is 0 Å². The van der Waals surface area contributed by atoms with E-state index in [-0.39, 0.29) is 5.41 Å². The number of hydrogen-bond acceptors (Lipinski definition) is 1. The van der Waals surface area contributed by atoms with Gasteiger partial charge in [-0.15, -0.1) is 0 Å². The lowest BCUT2D eigenvalue weighted by atomic mass is 9.87. The van der Waals surface area contributed by atoms with Crippen molar-refractivity contribution in [3.8, 4) is 5.75 Å². The lowest BCUT2D eigenvalue weighted by Gasteiger charge is -2.26.